The van der Waals surface area contributed by atoms with E-state index in [0.717, 1.165) is 31.5 Å². The smallest absolute Gasteiger partial charge is 0.241 e. The van der Waals surface area contributed by atoms with Crippen molar-refractivity contribution in [2.45, 2.75) is 19.4 Å². The van der Waals surface area contributed by atoms with Gasteiger partial charge in [0.25, 0.3) is 0 Å². The Morgan fingerprint density at radius 1 is 1.41 bits per heavy atom. The Bertz CT molecular complexity index is 764. The van der Waals surface area contributed by atoms with E-state index in [-0.39, 0.29) is 11.8 Å². The summed E-state index contributed by atoms with van der Waals surface area (Å²) in [7, 11) is 3.99. The van der Waals surface area contributed by atoms with E-state index in [4.69, 9.17) is 16.1 Å². The van der Waals surface area contributed by atoms with Crippen molar-refractivity contribution in [1.82, 2.24) is 25.3 Å². The minimum Gasteiger partial charge on any atom is -0.355 e. The molecule has 2 aromatic rings. The molecule has 1 atom stereocenters. The molecule has 1 aromatic carbocycles. The topological polar surface area (TPSA) is 74.5 Å². The first-order chi connectivity index (χ1) is 13.0. The highest BCUT2D eigenvalue weighted by Crippen LogP contribution is 2.25. The lowest BCUT2D eigenvalue weighted by molar-refractivity contribution is -0.126. The van der Waals surface area contributed by atoms with E-state index >= 15 is 0 Å². The van der Waals surface area contributed by atoms with Gasteiger partial charge in [-0.15, -0.1) is 0 Å². The van der Waals surface area contributed by atoms with Crippen LogP contribution < -0.4 is 5.32 Å². The van der Waals surface area contributed by atoms with Crippen LogP contribution in [0, 0.1) is 5.92 Å². The third-order valence-corrected chi connectivity index (χ3v) is 5.01. The Morgan fingerprint density at radius 3 is 3.00 bits per heavy atom. The summed E-state index contributed by atoms with van der Waals surface area (Å²) in [4.78, 5) is 21.1. The summed E-state index contributed by atoms with van der Waals surface area (Å²) in [6.07, 6.45) is 1.90. The summed E-state index contributed by atoms with van der Waals surface area (Å²) < 4.78 is 5.40. The van der Waals surface area contributed by atoms with Gasteiger partial charge >= 0.3 is 0 Å². The van der Waals surface area contributed by atoms with Crippen LogP contribution in [0.2, 0.25) is 5.02 Å². The molecule has 3 rings (SSSR count). The predicted molar refractivity (Wildman–Crippen MR) is 104 cm³/mol. The Morgan fingerprint density at radius 2 is 2.22 bits per heavy atom. The number of hydrogen-bond donors (Lipinski definition) is 1. The van der Waals surface area contributed by atoms with Crippen molar-refractivity contribution in [2.75, 3.05) is 40.3 Å². The first kappa shape index (κ1) is 19.8. The highest BCUT2D eigenvalue weighted by molar-refractivity contribution is 6.33. The Balaban J connectivity index is 1.55. The summed E-state index contributed by atoms with van der Waals surface area (Å²) in [5.41, 5.74) is 0.756. The molecule has 2 heterocycles. The number of carbonyl (C=O) groups is 1. The molecule has 0 bridgehead atoms. The summed E-state index contributed by atoms with van der Waals surface area (Å²) >= 11 is 6.20. The number of benzene rings is 1. The third-order valence-electron chi connectivity index (χ3n) is 4.68. The largest absolute Gasteiger partial charge is 0.355 e. The highest BCUT2D eigenvalue weighted by atomic mass is 35.5. The van der Waals surface area contributed by atoms with Crippen molar-refractivity contribution < 1.29 is 9.32 Å². The molecule has 8 heteroatoms. The standard InChI is InChI=1S/C19H26ClN5O2/c1-24(2)11-9-21-19(26)14-6-5-10-25(12-14)13-17-22-18(23-27-17)15-7-3-4-8-16(15)20/h3-4,7-8,14H,5-6,9-13H2,1-2H3,(H,21,26). The zero-order chi connectivity index (χ0) is 19.2. The zero-order valence-electron chi connectivity index (χ0n) is 15.8. The normalized spacial score (nSPS) is 18.0. The zero-order valence-corrected chi connectivity index (χ0v) is 16.6. The number of likely N-dealkylation sites (N-methyl/N-ethyl adjacent to an activating group) is 1. The summed E-state index contributed by atoms with van der Waals surface area (Å²) in [6.45, 7) is 3.68. The first-order valence-corrected chi connectivity index (χ1v) is 9.63. The van der Waals surface area contributed by atoms with E-state index < -0.39 is 0 Å². The van der Waals surface area contributed by atoms with Gasteiger partial charge in [0.15, 0.2) is 0 Å². The van der Waals surface area contributed by atoms with E-state index in [9.17, 15) is 4.79 Å². The SMILES string of the molecule is CN(C)CCNC(=O)C1CCCN(Cc2nc(-c3ccccc3Cl)no2)C1. The lowest BCUT2D eigenvalue weighted by atomic mass is 9.97. The summed E-state index contributed by atoms with van der Waals surface area (Å²) in [5, 5.41) is 7.66. The Hall–Kier alpha value is -1.96. The molecule has 0 saturated carbocycles. The summed E-state index contributed by atoms with van der Waals surface area (Å²) in [6, 6.07) is 7.43. The fourth-order valence-electron chi connectivity index (χ4n) is 3.22. The molecule has 1 aliphatic heterocycles. The van der Waals surface area contributed by atoms with E-state index in [1.165, 1.54) is 0 Å². The van der Waals surface area contributed by atoms with Gasteiger partial charge in [0.1, 0.15) is 0 Å². The van der Waals surface area contributed by atoms with Crippen LogP contribution in [-0.4, -0.2) is 66.1 Å². The van der Waals surface area contributed by atoms with Crippen molar-refractivity contribution in [2.24, 2.45) is 5.92 Å². The maximum absolute atomic E-state index is 12.4. The second kappa shape index (κ2) is 9.30. The fourth-order valence-corrected chi connectivity index (χ4v) is 3.44. The van der Waals surface area contributed by atoms with E-state index in [0.29, 0.717) is 36.4 Å². The van der Waals surface area contributed by atoms with Gasteiger partial charge in [-0.1, -0.05) is 28.9 Å². The Labute approximate surface area is 164 Å². The van der Waals surface area contributed by atoms with Crippen LogP contribution in [0.5, 0.6) is 0 Å². The second-order valence-electron chi connectivity index (χ2n) is 7.16. The molecule has 0 spiro atoms. The van der Waals surface area contributed by atoms with Crippen LogP contribution in [0.15, 0.2) is 28.8 Å². The number of carbonyl (C=O) groups excluding carboxylic acids is 1. The second-order valence-corrected chi connectivity index (χ2v) is 7.57. The fraction of sp³-hybridized carbons (Fsp3) is 0.526. The molecule has 0 radical (unpaired) electrons. The molecule has 1 amide bonds. The van der Waals surface area contributed by atoms with Gasteiger partial charge in [-0.3, -0.25) is 9.69 Å². The van der Waals surface area contributed by atoms with E-state index in [2.05, 4.69) is 25.3 Å². The van der Waals surface area contributed by atoms with Crippen LogP contribution in [0.1, 0.15) is 18.7 Å². The number of likely N-dealkylation sites (tertiary alicyclic amines) is 1. The van der Waals surface area contributed by atoms with Crippen molar-refractivity contribution in [3.05, 3.63) is 35.2 Å². The highest BCUT2D eigenvalue weighted by Gasteiger charge is 2.26. The average Bonchev–Trinajstić information content (AvgIpc) is 3.10. The van der Waals surface area contributed by atoms with Crippen LogP contribution in [-0.2, 0) is 11.3 Å². The molecule has 1 aliphatic rings. The van der Waals surface area contributed by atoms with Crippen molar-refractivity contribution >= 4 is 17.5 Å². The van der Waals surface area contributed by atoms with Crippen LogP contribution in [0.4, 0.5) is 0 Å². The molecule has 1 fully saturated rings. The van der Waals surface area contributed by atoms with Gasteiger partial charge in [0.2, 0.25) is 17.6 Å². The maximum Gasteiger partial charge on any atom is 0.241 e. The van der Waals surface area contributed by atoms with Gasteiger partial charge in [-0.05, 0) is 45.6 Å². The molecular weight excluding hydrogens is 366 g/mol. The lowest BCUT2D eigenvalue weighted by Crippen LogP contribution is -2.44. The van der Waals surface area contributed by atoms with Gasteiger partial charge in [0, 0.05) is 25.2 Å². The number of rotatable bonds is 7. The minimum atomic E-state index is 0.00636. The number of hydrogen-bond acceptors (Lipinski definition) is 6. The van der Waals surface area contributed by atoms with Crippen molar-refractivity contribution in [3.63, 3.8) is 0 Å². The molecule has 0 aliphatic carbocycles. The van der Waals surface area contributed by atoms with Crippen LogP contribution in [0.25, 0.3) is 11.4 Å². The monoisotopic (exact) mass is 391 g/mol. The number of aromatic nitrogens is 2. The molecule has 1 aromatic heterocycles. The van der Waals surface area contributed by atoms with Crippen LogP contribution in [0.3, 0.4) is 0 Å². The Kier molecular flexibility index (Phi) is 6.82. The number of nitrogens with zero attached hydrogens (tertiary/aromatic N) is 4. The molecule has 146 valence electrons. The van der Waals surface area contributed by atoms with Crippen LogP contribution >= 0.6 is 11.6 Å². The number of nitrogens with one attached hydrogen (secondary N) is 1. The van der Waals surface area contributed by atoms with Crippen molar-refractivity contribution in [3.8, 4) is 11.4 Å². The molecule has 27 heavy (non-hydrogen) atoms. The number of piperidine rings is 1. The summed E-state index contributed by atoms with van der Waals surface area (Å²) in [5.74, 6) is 1.17. The quantitative estimate of drug-likeness (QED) is 0.780. The van der Waals surface area contributed by atoms with E-state index in [1.807, 2.05) is 32.3 Å². The molecule has 1 saturated heterocycles. The molecule has 7 nitrogen and oxygen atoms in total. The maximum atomic E-state index is 12.4. The van der Waals surface area contributed by atoms with Gasteiger partial charge in [-0.25, -0.2) is 0 Å². The third kappa shape index (κ3) is 5.51. The molecule has 1 N–H and O–H groups in total. The first-order valence-electron chi connectivity index (χ1n) is 9.25. The lowest BCUT2D eigenvalue weighted by Gasteiger charge is -2.31. The van der Waals surface area contributed by atoms with Gasteiger partial charge in [0.05, 0.1) is 17.5 Å². The number of halogens is 1. The molecule has 1 unspecified atom stereocenters. The average molecular weight is 392 g/mol. The van der Waals surface area contributed by atoms with Gasteiger partial charge in [-0.2, -0.15) is 4.98 Å². The minimum absolute atomic E-state index is 0.00636. The van der Waals surface area contributed by atoms with Crippen molar-refractivity contribution in [1.29, 1.82) is 0 Å². The number of amides is 1. The molecular formula is C19H26ClN5O2. The predicted octanol–water partition coefficient (Wildman–Crippen LogP) is 2.28. The van der Waals surface area contributed by atoms with E-state index in [1.54, 1.807) is 6.07 Å². The van der Waals surface area contributed by atoms with Gasteiger partial charge < -0.3 is 14.7 Å².